The van der Waals surface area contributed by atoms with E-state index >= 15 is 0 Å². The molecule has 3 heterocycles. The van der Waals surface area contributed by atoms with Gasteiger partial charge >= 0.3 is 0 Å². The molecule has 9 heteroatoms. The normalized spacial score (nSPS) is 15.6. The van der Waals surface area contributed by atoms with Crippen LogP contribution in [0.5, 0.6) is 5.75 Å². The quantitative estimate of drug-likeness (QED) is 0.266. The maximum Gasteiger partial charge on any atom is 0.262 e. The van der Waals surface area contributed by atoms with E-state index in [4.69, 9.17) is 10.1 Å². The minimum absolute atomic E-state index is 0. The van der Waals surface area contributed by atoms with Gasteiger partial charge in [-0.3, -0.25) is 14.8 Å². The molecule has 2 aromatic carbocycles. The molecule has 1 aliphatic heterocycles. The summed E-state index contributed by atoms with van der Waals surface area (Å²) in [4.78, 5) is 19.9. The van der Waals surface area contributed by atoms with Crippen LogP contribution in [-0.4, -0.2) is 55.8 Å². The lowest BCUT2D eigenvalue weighted by Crippen LogP contribution is -2.49. The van der Waals surface area contributed by atoms with Gasteiger partial charge in [0, 0.05) is 31.4 Å². The summed E-state index contributed by atoms with van der Waals surface area (Å²) in [6.45, 7) is 3.51. The smallest absolute Gasteiger partial charge is 0.262 e. The lowest BCUT2D eigenvalue weighted by atomic mass is 9.90. The van der Waals surface area contributed by atoms with Crippen molar-refractivity contribution in [3.8, 4) is 11.4 Å². The number of methoxy groups -OCH3 is 1. The zero-order valence-electron chi connectivity index (χ0n) is 21.7. The number of benzene rings is 2. The van der Waals surface area contributed by atoms with E-state index in [-0.39, 0.29) is 30.4 Å². The van der Waals surface area contributed by atoms with Gasteiger partial charge in [0.15, 0.2) is 5.65 Å². The van der Waals surface area contributed by atoms with Crippen molar-refractivity contribution in [1.82, 2.24) is 19.0 Å². The first-order valence-electron chi connectivity index (χ1n) is 12.7. The molecule has 200 valence electrons. The van der Waals surface area contributed by atoms with Crippen molar-refractivity contribution in [3.63, 3.8) is 0 Å². The number of rotatable bonds is 7. The maximum absolute atomic E-state index is 13.3. The molecule has 8 nitrogen and oxygen atoms in total. The molecule has 1 saturated heterocycles. The molecule has 0 amide bonds. The van der Waals surface area contributed by atoms with Crippen molar-refractivity contribution >= 4 is 29.3 Å². The van der Waals surface area contributed by atoms with Crippen molar-refractivity contribution in [2.24, 2.45) is 0 Å². The molecule has 1 aliphatic rings. The van der Waals surface area contributed by atoms with Crippen molar-refractivity contribution in [3.05, 3.63) is 89.1 Å². The molecule has 0 spiro atoms. The number of likely N-dealkylation sites (tertiary alicyclic amines) is 1. The minimum Gasteiger partial charge on any atom is -0.497 e. The standard InChI is InChI=1S/C29H33N5O3.ClH/c1-21(22-6-4-3-5-7-22)18-26(30)32-16-13-29(36,14-17-32)19-33-20-31-27-25(28(33)35)12-15-34(27)23-8-10-24(37-2)11-9-23;/h3-12,15,20-21,30,36H,13-14,16-19H2,1-2H3;1H. The predicted molar refractivity (Wildman–Crippen MR) is 152 cm³/mol. The highest BCUT2D eigenvalue weighted by Crippen LogP contribution is 2.27. The molecule has 2 N–H and O–H groups in total. The van der Waals surface area contributed by atoms with Gasteiger partial charge in [0.25, 0.3) is 5.56 Å². The number of hydrogen-bond donors (Lipinski definition) is 2. The average Bonchev–Trinajstić information content (AvgIpc) is 3.36. The molecular formula is C29H34ClN5O3. The summed E-state index contributed by atoms with van der Waals surface area (Å²) in [5.41, 5.74) is 1.51. The molecule has 2 aromatic heterocycles. The summed E-state index contributed by atoms with van der Waals surface area (Å²) in [5, 5.41) is 20.4. The summed E-state index contributed by atoms with van der Waals surface area (Å²) in [7, 11) is 1.62. The molecule has 0 radical (unpaired) electrons. The Morgan fingerprint density at radius 1 is 1.11 bits per heavy atom. The molecular weight excluding hydrogens is 502 g/mol. The first-order valence-corrected chi connectivity index (χ1v) is 12.7. The first kappa shape index (κ1) is 27.4. The number of aliphatic hydroxyl groups is 1. The fourth-order valence-electron chi connectivity index (χ4n) is 5.10. The van der Waals surface area contributed by atoms with Crippen molar-refractivity contribution in [1.29, 1.82) is 5.41 Å². The van der Waals surface area contributed by atoms with Crippen LogP contribution < -0.4 is 10.3 Å². The summed E-state index contributed by atoms with van der Waals surface area (Å²) in [5.74, 6) is 1.62. The minimum atomic E-state index is -1.01. The second kappa shape index (κ2) is 11.4. The number of halogens is 1. The fraction of sp³-hybridized carbons (Fsp3) is 0.345. The van der Waals surface area contributed by atoms with Gasteiger partial charge in [-0.1, -0.05) is 37.3 Å². The Bertz CT molecular complexity index is 1440. The van der Waals surface area contributed by atoms with Gasteiger partial charge in [-0.25, -0.2) is 4.98 Å². The highest BCUT2D eigenvalue weighted by Gasteiger charge is 2.34. The lowest BCUT2D eigenvalue weighted by molar-refractivity contribution is -0.0230. The van der Waals surface area contributed by atoms with Gasteiger partial charge in [0.1, 0.15) is 12.1 Å². The highest BCUT2D eigenvalue weighted by molar-refractivity contribution is 5.85. The summed E-state index contributed by atoms with van der Waals surface area (Å²) < 4.78 is 8.61. The van der Waals surface area contributed by atoms with Crippen LogP contribution in [0.15, 0.2) is 78.0 Å². The topological polar surface area (TPSA) is 96.4 Å². The zero-order chi connectivity index (χ0) is 26.0. The Morgan fingerprint density at radius 3 is 2.45 bits per heavy atom. The molecule has 0 bridgehead atoms. The number of fused-ring (bicyclic) bond motifs is 1. The van der Waals surface area contributed by atoms with E-state index in [1.807, 2.05) is 58.1 Å². The van der Waals surface area contributed by atoms with Crippen LogP contribution in [0, 0.1) is 5.41 Å². The van der Waals surface area contributed by atoms with Gasteiger partial charge in [-0.05, 0) is 54.7 Å². The van der Waals surface area contributed by atoms with Crippen LogP contribution >= 0.6 is 12.4 Å². The van der Waals surface area contributed by atoms with E-state index in [1.54, 1.807) is 13.2 Å². The van der Waals surface area contributed by atoms with Crippen molar-refractivity contribution < 1.29 is 9.84 Å². The Kier molecular flexibility index (Phi) is 8.23. The van der Waals surface area contributed by atoms with Crippen molar-refractivity contribution in [2.75, 3.05) is 20.2 Å². The van der Waals surface area contributed by atoms with Gasteiger partial charge in [0.2, 0.25) is 0 Å². The Morgan fingerprint density at radius 2 is 1.79 bits per heavy atom. The predicted octanol–water partition coefficient (Wildman–Crippen LogP) is 4.62. The SMILES string of the molecule is COc1ccc(-n2ccc3c(=O)n(CC4(O)CCN(C(=N)CC(C)c5ccccc5)CC4)cnc32)cc1.Cl. The largest absolute Gasteiger partial charge is 0.497 e. The third-order valence-electron chi connectivity index (χ3n) is 7.43. The lowest BCUT2D eigenvalue weighted by Gasteiger charge is -2.39. The van der Waals surface area contributed by atoms with Gasteiger partial charge in [-0.2, -0.15) is 0 Å². The molecule has 1 unspecified atom stereocenters. The van der Waals surface area contributed by atoms with E-state index in [0.29, 0.717) is 49.2 Å². The summed E-state index contributed by atoms with van der Waals surface area (Å²) in [6, 6.07) is 19.6. The van der Waals surface area contributed by atoms with Gasteiger partial charge < -0.3 is 19.3 Å². The van der Waals surface area contributed by atoms with Crippen LogP contribution in [0.2, 0.25) is 0 Å². The number of hydrogen-bond acceptors (Lipinski definition) is 5. The molecule has 1 fully saturated rings. The highest BCUT2D eigenvalue weighted by atomic mass is 35.5. The number of piperidine rings is 1. The van der Waals surface area contributed by atoms with Crippen LogP contribution in [0.1, 0.15) is 37.7 Å². The van der Waals surface area contributed by atoms with E-state index < -0.39 is 5.60 Å². The molecule has 1 atom stereocenters. The van der Waals surface area contributed by atoms with Crippen LogP contribution in [-0.2, 0) is 6.54 Å². The van der Waals surface area contributed by atoms with Gasteiger partial charge in [0.05, 0.1) is 30.5 Å². The number of nitrogens with one attached hydrogen (secondary N) is 1. The van der Waals surface area contributed by atoms with E-state index in [9.17, 15) is 9.90 Å². The molecule has 0 aliphatic carbocycles. The third kappa shape index (κ3) is 5.61. The first-order chi connectivity index (χ1) is 17.9. The van der Waals surface area contributed by atoms with Gasteiger partial charge in [-0.15, -0.1) is 12.4 Å². The number of amidine groups is 1. The zero-order valence-corrected chi connectivity index (χ0v) is 22.5. The fourth-order valence-corrected chi connectivity index (χ4v) is 5.10. The number of ether oxygens (including phenoxy) is 1. The van der Waals surface area contributed by atoms with E-state index in [2.05, 4.69) is 24.0 Å². The average molecular weight is 536 g/mol. The van der Waals surface area contributed by atoms with E-state index in [1.165, 1.54) is 16.5 Å². The molecule has 0 saturated carbocycles. The maximum atomic E-state index is 13.3. The van der Waals surface area contributed by atoms with Crippen molar-refractivity contribution in [2.45, 2.75) is 44.2 Å². The second-order valence-electron chi connectivity index (χ2n) is 9.97. The Balaban J connectivity index is 0.00000336. The number of aromatic nitrogens is 3. The molecule has 5 rings (SSSR count). The second-order valence-corrected chi connectivity index (χ2v) is 9.97. The van der Waals surface area contributed by atoms with Crippen LogP contribution in [0.25, 0.3) is 16.7 Å². The monoisotopic (exact) mass is 535 g/mol. The third-order valence-corrected chi connectivity index (χ3v) is 7.43. The molecule has 38 heavy (non-hydrogen) atoms. The number of nitrogens with zero attached hydrogens (tertiary/aromatic N) is 4. The Hall–Kier alpha value is -3.62. The summed E-state index contributed by atoms with van der Waals surface area (Å²) in [6.07, 6.45) is 5.01. The van der Waals surface area contributed by atoms with Crippen LogP contribution in [0.4, 0.5) is 0 Å². The molecule has 4 aromatic rings. The van der Waals surface area contributed by atoms with E-state index in [0.717, 1.165) is 11.4 Å². The summed E-state index contributed by atoms with van der Waals surface area (Å²) >= 11 is 0. The Labute approximate surface area is 228 Å². The van der Waals surface area contributed by atoms with Crippen LogP contribution in [0.3, 0.4) is 0 Å².